The highest BCUT2D eigenvalue weighted by atomic mass is 32.2. The summed E-state index contributed by atoms with van der Waals surface area (Å²) in [6.07, 6.45) is 0. The standard InChI is InChI=1S/C20H27N3O4S/c1-5-23(6-2)28(25,26)17-10-11-19(27-4)18(13-17)22-20(24)14-21-16-9-7-8-15(3)12-16/h7-13,21H,5-6,14H2,1-4H3,(H,22,24). The molecule has 8 heteroatoms. The van der Waals surface area contributed by atoms with Gasteiger partial charge < -0.3 is 15.4 Å². The van der Waals surface area contributed by atoms with E-state index in [-0.39, 0.29) is 17.3 Å². The van der Waals surface area contributed by atoms with Crippen LogP contribution in [0.15, 0.2) is 47.4 Å². The number of nitrogens with one attached hydrogen (secondary N) is 2. The molecule has 0 saturated carbocycles. The molecule has 0 heterocycles. The van der Waals surface area contributed by atoms with Crippen LogP contribution in [0.25, 0.3) is 0 Å². The Labute approximate surface area is 166 Å². The maximum Gasteiger partial charge on any atom is 0.243 e. The van der Waals surface area contributed by atoms with E-state index in [4.69, 9.17) is 4.74 Å². The monoisotopic (exact) mass is 405 g/mol. The minimum Gasteiger partial charge on any atom is -0.495 e. The van der Waals surface area contributed by atoms with Crippen LogP contribution in [-0.2, 0) is 14.8 Å². The summed E-state index contributed by atoms with van der Waals surface area (Å²) in [6.45, 7) is 6.31. The van der Waals surface area contributed by atoms with Gasteiger partial charge >= 0.3 is 0 Å². The minimum atomic E-state index is -3.63. The molecule has 0 aromatic heterocycles. The quantitative estimate of drug-likeness (QED) is 0.669. The third-order valence-corrected chi connectivity index (χ3v) is 6.31. The summed E-state index contributed by atoms with van der Waals surface area (Å²) in [5.74, 6) is 0.0830. The lowest BCUT2D eigenvalue weighted by Gasteiger charge is -2.19. The maximum atomic E-state index is 12.7. The van der Waals surface area contributed by atoms with Crippen molar-refractivity contribution in [2.45, 2.75) is 25.7 Å². The van der Waals surface area contributed by atoms with Gasteiger partial charge in [-0.3, -0.25) is 4.79 Å². The van der Waals surface area contributed by atoms with Crippen molar-refractivity contribution in [2.24, 2.45) is 0 Å². The molecule has 2 N–H and O–H groups in total. The Kier molecular flexibility index (Phi) is 7.42. The lowest BCUT2D eigenvalue weighted by atomic mass is 10.2. The van der Waals surface area contributed by atoms with E-state index >= 15 is 0 Å². The van der Waals surface area contributed by atoms with E-state index in [0.29, 0.717) is 24.5 Å². The van der Waals surface area contributed by atoms with E-state index in [1.807, 2.05) is 31.2 Å². The van der Waals surface area contributed by atoms with Crippen LogP contribution >= 0.6 is 0 Å². The molecule has 2 rings (SSSR count). The van der Waals surface area contributed by atoms with Gasteiger partial charge in [0, 0.05) is 18.8 Å². The highest BCUT2D eigenvalue weighted by Gasteiger charge is 2.23. The number of carbonyl (C=O) groups is 1. The van der Waals surface area contributed by atoms with Gasteiger partial charge in [-0.15, -0.1) is 0 Å². The largest absolute Gasteiger partial charge is 0.495 e. The Balaban J connectivity index is 2.18. The van der Waals surface area contributed by atoms with Gasteiger partial charge in [-0.25, -0.2) is 8.42 Å². The molecule has 0 aliphatic carbocycles. The molecule has 1 amide bonds. The van der Waals surface area contributed by atoms with Crippen LogP contribution in [0.5, 0.6) is 5.75 Å². The first kappa shape index (κ1) is 21.7. The molecular weight excluding hydrogens is 378 g/mol. The van der Waals surface area contributed by atoms with Crippen molar-refractivity contribution in [1.29, 1.82) is 0 Å². The summed E-state index contributed by atoms with van der Waals surface area (Å²) in [7, 11) is -2.17. The molecule has 0 atom stereocenters. The molecule has 28 heavy (non-hydrogen) atoms. The summed E-state index contributed by atoms with van der Waals surface area (Å²) in [5.41, 5.74) is 2.23. The SMILES string of the molecule is CCN(CC)S(=O)(=O)c1ccc(OC)c(NC(=O)CNc2cccc(C)c2)c1. The molecule has 2 aromatic carbocycles. The minimum absolute atomic E-state index is 0.0413. The smallest absolute Gasteiger partial charge is 0.243 e. The van der Waals surface area contributed by atoms with Gasteiger partial charge in [-0.1, -0.05) is 26.0 Å². The van der Waals surface area contributed by atoms with Crippen LogP contribution in [0.3, 0.4) is 0 Å². The van der Waals surface area contributed by atoms with E-state index in [1.54, 1.807) is 19.9 Å². The van der Waals surface area contributed by atoms with E-state index in [1.165, 1.54) is 23.5 Å². The third-order valence-electron chi connectivity index (χ3n) is 4.26. The van der Waals surface area contributed by atoms with Crippen molar-refractivity contribution < 1.29 is 17.9 Å². The second kappa shape index (κ2) is 9.57. The first-order valence-electron chi connectivity index (χ1n) is 9.10. The molecule has 7 nitrogen and oxygen atoms in total. The van der Waals surface area contributed by atoms with Gasteiger partial charge in [-0.2, -0.15) is 4.31 Å². The van der Waals surface area contributed by atoms with Crippen LogP contribution in [0, 0.1) is 6.92 Å². The lowest BCUT2D eigenvalue weighted by Crippen LogP contribution is -2.30. The van der Waals surface area contributed by atoms with Crippen molar-refractivity contribution in [1.82, 2.24) is 4.31 Å². The van der Waals surface area contributed by atoms with Gasteiger partial charge in [0.1, 0.15) is 5.75 Å². The first-order valence-corrected chi connectivity index (χ1v) is 10.5. The van der Waals surface area contributed by atoms with Gasteiger partial charge in [0.05, 0.1) is 24.2 Å². The molecule has 152 valence electrons. The van der Waals surface area contributed by atoms with E-state index < -0.39 is 10.0 Å². The second-order valence-electron chi connectivity index (χ2n) is 6.22. The molecular formula is C20H27N3O4S. The molecule has 2 aromatic rings. The Morgan fingerprint density at radius 3 is 2.43 bits per heavy atom. The summed E-state index contributed by atoms with van der Waals surface area (Å²) in [5, 5.41) is 5.77. The fraction of sp³-hybridized carbons (Fsp3) is 0.350. The molecule has 0 unspecified atom stereocenters. The highest BCUT2D eigenvalue weighted by Crippen LogP contribution is 2.29. The fourth-order valence-electron chi connectivity index (χ4n) is 2.79. The number of amides is 1. The zero-order valence-electron chi connectivity index (χ0n) is 16.7. The number of benzene rings is 2. The lowest BCUT2D eigenvalue weighted by molar-refractivity contribution is -0.114. The number of sulfonamides is 1. The number of anilines is 2. The van der Waals surface area contributed by atoms with Crippen LogP contribution in [0.4, 0.5) is 11.4 Å². The fourth-order valence-corrected chi connectivity index (χ4v) is 4.27. The summed E-state index contributed by atoms with van der Waals surface area (Å²) < 4.78 is 32.1. The third kappa shape index (κ3) is 5.24. The summed E-state index contributed by atoms with van der Waals surface area (Å²) in [4.78, 5) is 12.5. The number of methoxy groups -OCH3 is 1. The highest BCUT2D eigenvalue weighted by molar-refractivity contribution is 7.89. The first-order chi connectivity index (χ1) is 13.3. The molecule has 0 spiro atoms. The number of rotatable bonds is 9. The molecule has 0 aliphatic heterocycles. The van der Waals surface area contributed by atoms with Crippen molar-refractivity contribution >= 4 is 27.3 Å². The molecule has 0 saturated heterocycles. The van der Waals surface area contributed by atoms with E-state index in [2.05, 4.69) is 10.6 Å². The summed E-state index contributed by atoms with van der Waals surface area (Å²) in [6, 6.07) is 12.1. The Hall–Kier alpha value is -2.58. The Morgan fingerprint density at radius 2 is 1.82 bits per heavy atom. The predicted octanol–water partition coefficient (Wildman–Crippen LogP) is 3.08. The Bertz CT molecular complexity index is 925. The number of carbonyl (C=O) groups excluding carboxylic acids is 1. The molecule has 0 radical (unpaired) electrons. The maximum absolute atomic E-state index is 12.7. The second-order valence-corrected chi connectivity index (χ2v) is 8.16. The number of aryl methyl sites for hydroxylation is 1. The van der Waals surface area contributed by atoms with E-state index in [0.717, 1.165) is 11.3 Å². The van der Waals surface area contributed by atoms with Crippen molar-refractivity contribution in [3.05, 3.63) is 48.0 Å². The summed E-state index contributed by atoms with van der Waals surface area (Å²) >= 11 is 0. The van der Waals surface area contributed by atoms with Crippen molar-refractivity contribution in [3.8, 4) is 5.75 Å². The molecule has 0 aliphatic rings. The number of hydrogen-bond acceptors (Lipinski definition) is 5. The van der Waals surface area contributed by atoms with Gasteiger partial charge in [0.15, 0.2) is 0 Å². The average Bonchev–Trinajstić information content (AvgIpc) is 2.67. The van der Waals surface area contributed by atoms with Crippen molar-refractivity contribution in [2.75, 3.05) is 37.4 Å². The number of nitrogens with zero attached hydrogens (tertiary/aromatic N) is 1. The number of ether oxygens (including phenoxy) is 1. The zero-order chi connectivity index (χ0) is 20.7. The van der Waals surface area contributed by atoms with Crippen LogP contribution in [-0.4, -0.2) is 45.4 Å². The topological polar surface area (TPSA) is 87.7 Å². The average molecular weight is 406 g/mol. The van der Waals surface area contributed by atoms with Gasteiger partial charge in [0.25, 0.3) is 0 Å². The molecule has 0 bridgehead atoms. The van der Waals surface area contributed by atoms with Crippen LogP contribution < -0.4 is 15.4 Å². The van der Waals surface area contributed by atoms with Gasteiger partial charge in [0.2, 0.25) is 15.9 Å². The predicted molar refractivity (Wildman–Crippen MR) is 111 cm³/mol. The van der Waals surface area contributed by atoms with Crippen LogP contribution in [0.2, 0.25) is 0 Å². The van der Waals surface area contributed by atoms with Crippen molar-refractivity contribution in [3.63, 3.8) is 0 Å². The Morgan fingerprint density at radius 1 is 1.11 bits per heavy atom. The van der Waals surface area contributed by atoms with Gasteiger partial charge in [-0.05, 0) is 42.8 Å². The zero-order valence-corrected chi connectivity index (χ0v) is 17.5. The number of hydrogen-bond donors (Lipinski definition) is 2. The normalized spacial score (nSPS) is 11.3. The molecule has 0 fully saturated rings. The van der Waals surface area contributed by atoms with E-state index in [9.17, 15) is 13.2 Å². The van der Waals surface area contributed by atoms with Crippen LogP contribution in [0.1, 0.15) is 19.4 Å².